The minimum atomic E-state index is -0.414. The lowest BCUT2D eigenvalue weighted by molar-refractivity contribution is 0.149. The fraction of sp³-hybridized carbons (Fsp3) is 0.240. The van der Waals surface area contributed by atoms with E-state index in [0.29, 0.717) is 49.9 Å². The molecule has 0 spiro atoms. The van der Waals surface area contributed by atoms with Crippen molar-refractivity contribution in [3.8, 4) is 17.2 Å². The van der Waals surface area contributed by atoms with Gasteiger partial charge in [-0.25, -0.2) is 4.79 Å². The van der Waals surface area contributed by atoms with Crippen LogP contribution in [0.1, 0.15) is 17.5 Å². The van der Waals surface area contributed by atoms with Crippen LogP contribution in [-0.2, 0) is 13.2 Å². The number of ether oxygens (including phenoxy) is 3. The third kappa shape index (κ3) is 6.76. The summed E-state index contributed by atoms with van der Waals surface area (Å²) in [5, 5.41) is 0. The first kappa shape index (κ1) is 22.2. The van der Waals surface area contributed by atoms with Crippen LogP contribution in [0.15, 0.2) is 78.9 Å². The summed E-state index contributed by atoms with van der Waals surface area (Å²) >= 11 is 0. The molecule has 1 amide bonds. The second kappa shape index (κ2) is 11.6. The van der Waals surface area contributed by atoms with Gasteiger partial charge in [-0.1, -0.05) is 54.6 Å². The minimum absolute atomic E-state index is 0.376. The molecule has 2 N–H and O–H groups in total. The second-order valence-corrected chi connectivity index (χ2v) is 7.00. The van der Waals surface area contributed by atoms with Gasteiger partial charge in [-0.3, -0.25) is 0 Å². The van der Waals surface area contributed by atoms with E-state index >= 15 is 0 Å². The van der Waals surface area contributed by atoms with E-state index < -0.39 is 6.09 Å². The molecule has 0 saturated carbocycles. The van der Waals surface area contributed by atoms with E-state index in [1.165, 1.54) is 0 Å². The lowest BCUT2D eigenvalue weighted by Crippen LogP contribution is -2.34. The normalized spacial score (nSPS) is 10.4. The summed E-state index contributed by atoms with van der Waals surface area (Å²) < 4.78 is 16.9. The van der Waals surface area contributed by atoms with E-state index in [9.17, 15) is 4.79 Å². The Hall–Kier alpha value is -3.51. The van der Waals surface area contributed by atoms with E-state index in [0.717, 1.165) is 11.1 Å². The van der Waals surface area contributed by atoms with Crippen LogP contribution in [0.5, 0.6) is 17.2 Å². The molecule has 3 aromatic carbocycles. The summed E-state index contributed by atoms with van der Waals surface area (Å²) in [4.78, 5) is 14.3. The SMILES string of the molecule is COc1cc(CN(CCCN)C(=O)Oc2ccccc2)ccc1OCc1ccccc1. The number of nitrogens with two attached hydrogens (primary N) is 1. The Bertz CT molecular complexity index is 948. The molecule has 6 nitrogen and oxygen atoms in total. The molecular weight excluding hydrogens is 392 g/mol. The monoisotopic (exact) mass is 420 g/mol. The molecule has 31 heavy (non-hydrogen) atoms. The highest BCUT2D eigenvalue weighted by atomic mass is 16.6. The largest absolute Gasteiger partial charge is 0.493 e. The van der Waals surface area contributed by atoms with E-state index in [1.807, 2.05) is 66.7 Å². The Balaban J connectivity index is 1.69. The summed E-state index contributed by atoms with van der Waals surface area (Å²) in [7, 11) is 1.60. The van der Waals surface area contributed by atoms with Crippen LogP contribution in [0.4, 0.5) is 4.79 Å². The van der Waals surface area contributed by atoms with Gasteiger partial charge < -0.3 is 24.8 Å². The molecule has 0 atom stereocenters. The lowest BCUT2D eigenvalue weighted by Gasteiger charge is -2.22. The van der Waals surface area contributed by atoms with Crippen LogP contribution in [0.3, 0.4) is 0 Å². The highest BCUT2D eigenvalue weighted by Crippen LogP contribution is 2.29. The maximum Gasteiger partial charge on any atom is 0.415 e. The Kier molecular flexibility index (Phi) is 8.31. The molecule has 3 aromatic rings. The average Bonchev–Trinajstić information content (AvgIpc) is 2.82. The van der Waals surface area contributed by atoms with Crippen LogP contribution < -0.4 is 19.9 Å². The number of rotatable bonds is 10. The third-order valence-corrected chi connectivity index (χ3v) is 4.68. The maximum atomic E-state index is 12.7. The maximum absolute atomic E-state index is 12.7. The molecule has 0 radical (unpaired) electrons. The van der Waals surface area contributed by atoms with Gasteiger partial charge in [0.15, 0.2) is 11.5 Å². The van der Waals surface area contributed by atoms with Crippen molar-refractivity contribution in [2.75, 3.05) is 20.2 Å². The zero-order chi connectivity index (χ0) is 21.9. The van der Waals surface area contributed by atoms with Crippen LogP contribution in [-0.4, -0.2) is 31.2 Å². The smallest absolute Gasteiger partial charge is 0.415 e. The summed E-state index contributed by atoms with van der Waals surface area (Å²) in [6.45, 7) is 1.81. The Morgan fingerprint density at radius 1 is 0.903 bits per heavy atom. The van der Waals surface area contributed by atoms with Gasteiger partial charge in [-0.15, -0.1) is 0 Å². The second-order valence-electron chi connectivity index (χ2n) is 7.00. The first-order chi connectivity index (χ1) is 15.2. The number of carbonyl (C=O) groups excluding carboxylic acids is 1. The number of hydrogen-bond donors (Lipinski definition) is 1. The van der Waals surface area contributed by atoms with Gasteiger partial charge in [-0.05, 0) is 48.4 Å². The number of methoxy groups -OCH3 is 1. The number of benzene rings is 3. The first-order valence-corrected chi connectivity index (χ1v) is 10.2. The van der Waals surface area contributed by atoms with E-state index in [4.69, 9.17) is 19.9 Å². The van der Waals surface area contributed by atoms with Crippen LogP contribution in [0.2, 0.25) is 0 Å². The van der Waals surface area contributed by atoms with Crippen LogP contribution in [0, 0.1) is 0 Å². The molecule has 0 saturated heterocycles. The van der Waals surface area contributed by atoms with Gasteiger partial charge in [0.25, 0.3) is 0 Å². The highest BCUT2D eigenvalue weighted by Gasteiger charge is 2.17. The summed E-state index contributed by atoms with van der Waals surface area (Å²) in [6.07, 6.45) is 0.266. The lowest BCUT2D eigenvalue weighted by atomic mass is 10.2. The van der Waals surface area contributed by atoms with E-state index in [1.54, 1.807) is 24.1 Å². The number of hydrogen-bond acceptors (Lipinski definition) is 5. The molecule has 0 aliphatic carbocycles. The molecule has 0 bridgehead atoms. The van der Waals surface area contributed by atoms with Crippen molar-refractivity contribution in [2.45, 2.75) is 19.6 Å². The molecule has 6 heteroatoms. The van der Waals surface area contributed by atoms with Crippen molar-refractivity contribution in [3.05, 3.63) is 90.0 Å². The molecule has 0 aliphatic heterocycles. The molecule has 3 rings (SSSR count). The Morgan fingerprint density at radius 2 is 1.61 bits per heavy atom. The quantitative estimate of drug-likeness (QED) is 0.518. The predicted molar refractivity (Wildman–Crippen MR) is 120 cm³/mol. The highest BCUT2D eigenvalue weighted by molar-refractivity contribution is 5.70. The fourth-order valence-corrected chi connectivity index (χ4v) is 3.06. The zero-order valence-electron chi connectivity index (χ0n) is 17.7. The predicted octanol–water partition coefficient (Wildman–Crippen LogP) is 4.62. The van der Waals surface area contributed by atoms with Crippen molar-refractivity contribution in [1.82, 2.24) is 4.90 Å². The third-order valence-electron chi connectivity index (χ3n) is 4.68. The van der Waals surface area contributed by atoms with Gasteiger partial charge in [0.1, 0.15) is 12.4 Å². The summed E-state index contributed by atoms with van der Waals surface area (Å²) in [6, 6.07) is 24.6. The molecule has 0 unspecified atom stereocenters. The standard InChI is InChI=1S/C25H28N2O4/c1-29-24-17-21(13-14-23(24)30-19-20-9-4-2-5-10-20)18-27(16-8-15-26)25(28)31-22-11-6-3-7-12-22/h2-7,9-14,17H,8,15-16,18-19,26H2,1H3. The minimum Gasteiger partial charge on any atom is -0.493 e. The van der Waals surface area contributed by atoms with Gasteiger partial charge in [0.2, 0.25) is 0 Å². The number of para-hydroxylation sites is 1. The van der Waals surface area contributed by atoms with Crippen LogP contribution in [0.25, 0.3) is 0 Å². The first-order valence-electron chi connectivity index (χ1n) is 10.2. The molecule has 0 fully saturated rings. The van der Waals surface area contributed by atoms with Gasteiger partial charge in [0, 0.05) is 13.1 Å². The molecular formula is C25H28N2O4. The Morgan fingerprint density at radius 3 is 2.29 bits per heavy atom. The van der Waals surface area contributed by atoms with Crippen molar-refractivity contribution in [2.24, 2.45) is 5.73 Å². The van der Waals surface area contributed by atoms with Gasteiger partial charge in [0.05, 0.1) is 7.11 Å². The molecule has 0 aromatic heterocycles. The van der Waals surface area contributed by atoms with Crippen molar-refractivity contribution < 1.29 is 19.0 Å². The topological polar surface area (TPSA) is 74.0 Å². The molecule has 162 valence electrons. The Labute approximate surface area is 183 Å². The van der Waals surface area contributed by atoms with Gasteiger partial charge in [-0.2, -0.15) is 0 Å². The number of amides is 1. The summed E-state index contributed by atoms with van der Waals surface area (Å²) in [5.41, 5.74) is 7.64. The van der Waals surface area contributed by atoms with E-state index in [-0.39, 0.29) is 0 Å². The fourth-order valence-electron chi connectivity index (χ4n) is 3.06. The van der Waals surface area contributed by atoms with Crippen molar-refractivity contribution in [3.63, 3.8) is 0 Å². The summed E-state index contributed by atoms with van der Waals surface area (Å²) in [5.74, 6) is 1.77. The molecule has 0 aliphatic rings. The number of nitrogens with zero attached hydrogens (tertiary/aromatic N) is 1. The number of carbonyl (C=O) groups is 1. The van der Waals surface area contributed by atoms with E-state index in [2.05, 4.69) is 0 Å². The zero-order valence-corrected chi connectivity index (χ0v) is 17.7. The average molecular weight is 421 g/mol. The van der Waals surface area contributed by atoms with Crippen molar-refractivity contribution in [1.29, 1.82) is 0 Å². The van der Waals surface area contributed by atoms with Gasteiger partial charge >= 0.3 is 6.09 Å². The van der Waals surface area contributed by atoms with Crippen molar-refractivity contribution >= 4 is 6.09 Å². The molecule has 0 heterocycles. The van der Waals surface area contributed by atoms with Crippen LogP contribution >= 0.6 is 0 Å².